The number of nitrogens with zero attached hydrogens (tertiary/aromatic N) is 1. The zero-order valence-corrected chi connectivity index (χ0v) is 17.3. The van der Waals surface area contributed by atoms with Gasteiger partial charge in [0.15, 0.2) is 5.78 Å². The quantitative estimate of drug-likeness (QED) is 0.763. The lowest BCUT2D eigenvalue weighted by Gasteiger charge is -2.44. The lowest BCUT2D eigenvalue weighted by atomic mass is 9.61. The van der Waals surface area contributed by atoms with Gasteiger partial charge in [-0.2, -0.15) is 16.6 Å². The molecule has 0 spiro atoms. The second-order valence-corrected chi connectivity index (χ2v) is 8.99. The van der Waals surface area contributed by atoms with Gasteiger partial charge in [0.05, 0.1) is 19.1 Å². The van der Waals surface area contributed by atoms with Gasteiger partial charge in [0.2, 0.25) is 0 Å². The smallest absolute Gasteiger partial charge is 0.176 e. The van der Waals surface area contributed by atoms with Crippen molar-refractivity contribution in [1.29, 1.82) is 5.26 Å². The number of nitrogens with one attached hydrogen (secondary N) is 1. The van der Waals surface area contributed by atoms with Crippen LogP contribution >= 0.6 is 11.3 Å². The minimum atomic E-state index is -1.46. The molecule has 5 atom stereocenters. The van der Waals surface area contributed by atoms with Gasteiger partial charge in [-0.3, -0.25) is 4.79 Å². The first-order valence-corrected chi connectivity index (χ1v) is 11.0. The number of benzene rings is 1. The lowest BCUT2D eigenvalue weighted by molar-refractivity contribution is -0.153. The Bertz CT molecular complexity index is 907. The summed E-state index contributed by atoms with van der Waals surface area (Å²) in [5, 5.41) is 28.4. The van der Waals surface area contributed by atoms with Gasteiger partial charge in [-0.15, -0.1) is 0 Å². The summed E-state index contributed by atoms with van der Waals surface area (Å²) in [4.78, 5) is 14.1. The Morgan fingerprint density at radius 1 is 1.41 bits per heavy atom. The molecule has 1 saturated carbocycles. The lowest BCUT2D eigenvalue weighted by Crippen LogP contribution is -2.55. The molecule has 2 fully saturated rings. The SMILES string of the molecule is COc1ccccc1C(C(=O)[C@]1(O)C[C@H](CC#N)C[C@H]2CNC[C@H]21)c1ccsc1. The number of thiophene rings is 1. The summed E-state index contributed by atoms with van der Waals surface area (Å²) in [5.41, 5.74) is 0.195. The van der Waals surface area contributed by atoms with E-state index in [1.807, 2.05) is 41.1 Å². The number of ether oxygens (including phenoxy) is 1. The van der Waals surface area contributed by atoms with Crippen LogP contribution in [-0.2, 0) is 4.79 Å². The van der Waals surface area contributed by atoms with Crippen LogP contribution in [0, 0.1) is 29.1 Å². The second kappa shape index (κ2) is 8.27. The van der Waals surface area contributed by atoms with Crippen molar-refractivity contribution in [1.82, 2.24) is 5.32 Å². The first-order valence-electron chi connectivity index (χ1n) is 10.1. The number of ketones is 1. The maximum atomic E-state index is 14.1. The van der Waals surface area contributed by atoms with Gasteiger partial charge in [-0.25, -0.2) is 0 Å². The van der Waals surface area contributed by atoms with E-state index in [1.54, 1.807) is 7.11 Å². The Morgan fingerprint density at radius 3 is 2.97 bits per heavy atom. The fraction of sp³-hybridized carbons (Fsp3) is 0.478. The molecule has 0 amide bonds. The number of hydrogen-bond donors (Lipinski definition) is 2. The molecule has 2 N–H and O–H groups in total. The van der Waals surface area contributed by atoms with Crippen LogP contribution in [0.3, 0.4) is 0 Å². The first kappa shape index (κ1) is 20.1. The van der Waals surface area contributed by atoms with E-state index in [0.717, 1.165) is 24.1 Å². The van der Waals surface area contributed by atoms with Crippen molar-refractivity contribution in [3.8, 4) is 11.8 Å². The predicted molar refractivity (Wildman–Crippen MR) is 112 cm³/mol. The summed E-state index contributed by atoms with van der Waals surface area (Å²) >= 11 is 1.54. The van der Waals surface area contributed by atoms with E-state index in [1.165, 1.54) is 11.3 Å². The number of para-hydroxylation sites is 1. The van der Waals surface area contributed by atoms with E-state index in [2.05, 4.69) is 11.4 Å². The highest BCUT2D eigenvalue weighted by Gasteiger charge is 2.55. The maximum absolute atomic E-state index is 14.1. The topological polar surface area (TPSA) is 82.3 Å². The van der Waals surface area contributed by atoms with Gasteiger partial charge >= 0.3 is 0 Å². The molecule has 4 rings (SSSR count). The summed E-state index contributed by atoms with van der Waals surface area (Å²) < 4.78 is 5.56. The average molecular weight is 411 g/mol. The molecule has 1 unspecified atom stereocenters. The van der Waals surface area contributed by atoms with E-state index >= 15 is 0 Å². The Morgan fingerprint density at radius 2 is 2.24 bits per heavy atom. The number of rotatable bonds is 6. The standard InChI is InChI=1S/C23H26N2O3S/c1-28-20-5-3-2-4-18(20)21(16-7-9-29-14-16)22(26)23(27)11-15(6-8-24)10-17-12-25-13-19(17)23/h2-5,7,9,14-15,17,19,21,25,27H,6,10-13H2,1H3/t15-,17+,19-,21?,23+/m1/s1. The van der Waals surface area contributed by atoms with Crippen LogP contribution < -0.4 is 10.1 Å². The third-order valence-corrected chi connectivity index (χ3v) is 7.29. The Kier molecular flexibility index (Phi) is 5.73. The molecule has 6 heteroatoms. The van der Waals surface area contributed by atoms with Crippen molar-refractivity contribution in [3.63, 3.8) is 0 Å². The van der Waals surface area contributed by atoms with Gasteiger partial charge in [-0.05, 0) is 59.7 Å². The number of carbonyl (C=O) groups excluding carboxylic acids is 1. The highest BCUT2D eigenvalue weighted by atomic mass is 32.1. The number of methoxy groups -OCH3 is 1. The van der Waals surface area contributed by atoms with Crippen molar-refractivity contribution >= 4 is 17.1 Å². The van der Waals surface area contributed by atoms with E-state index in [-0.39, 0.29) is 23.5 Å². The zero-order chi connectivity index (χ0) is 20.4. The molecule has 1 aliphatic carbocycles. The second-order valence-electron chi connectivity index (χ2n) is 8.21. The van der Waals surface area contributed by atoms with Gasteiger partial charge in [0.25, 0.3) is 0 Å². The van der Waals surface area contributed by atoms with Gasteiger partial charge < -0.3 is 15.2 Å². The van der Waals surface area contributed by atoms with E-state index in [0.29, 0.717) is 25.1 Å². The number of aliphatic hydroxyl groups is 1. The molecule has 1 saturated heterocycles. The third-order valence-electron chi connectivity index (χ3n) is 6.58. The number of nitriles is 1. The molecule has 5 nitrogen and oxygen atoms in total. The van der Waals surface area contributed by atoms with Crippen molar-refractivity contribution in [2.75, 3.05) is 20.2 Å². The fourth-order valence-electron chi connectivity index (χ4n) is 5.28. The summed E-state index contributed by atoms with van der Waals surface area (Å²) in [7, 11) is 1.60. The average Bonchev–Trinajstić information content (AvgIpc) is 3.41. The number of fused-ring (bicyclic) bond motifs is 1. The van der Waals surface area contributed by atoms with Crippen LogP contribution in [0.2, 0.25) is 0 Å². The molecule has 0 bridgehead atoms. The number of hydrogen-bond acceptors (Lipinski definition) is 6. The molecule has 29 heavy (non-hydrogen) atoms. The Balaban J connectivity index is 1.78. The van der Waals surface area contributed by atoms with Gasteiger partial charge in [0, 0.05) is 24.4 Å². The number of carbonyl (C=O) groups is 1. The molecule has 2 heterocycles. The molecule has 1 aromatic carbocycles. The normalized spacial score (nSPS) is 29.6. The van der Waals surface area contributed by atoms with Crippen molar-refractivity contribution in [2.45, 2.75) is 30.8 Å². The Hall–Kier alpha value is -2.20. The largest absolute Gasteiger partial charge is 0.496 e. The molecule has 0 radical (unpaired) electrons. The minimum Gasteiger partial charge on any atom is -0.496 e. The number of Topliss-reactive ketones (excluding diaryl/α,β-unsaturated/α-hetero) is 1. The van der Waals surface area contributed by atoms with Crippen LogP contribution in [0.25, 0.3) is 0 Å². The molecule has 1 aromatic heterocycles. The monoisotopic (exact) mass is 410 g/mol. The van der Waals surface area contributed by atoms with Gasteiger partial charge in [-0.1, -0.05) is 18.2 Å². The fourth-order valence-corrected chi connectivity index (χ4v) is 5.96. The highest BCUT2D eigenvalue weighted by molar-refractivity contribution is 7.08. The van der Waals surface area contributed by atoms with E-state index in [9.17, 15) is 15.2 Å². The van der Waals surface area contributed by atoms with Gasteiger partial charge in [0.1, 0.15) is 11.4 Å². The van der Waals surface area contributed by atoms with Crippen LogP contribution in [0.5, 0.6) is 5.75 Å². The zero-order valence-electron chi connectivity index (χ0n) is 16.5. The van der Waals surface area contributed by atoms with Crippen LogP contribution in [-0.4, -0.2) is 36.7 Å². The van der Waals surface area contributed by atoms with Crippen LogP contribution in [0.1, 0.15) is 36.3 Å². The summed E-state index contributed by atoms with van der Waals surface area (Å²) in [6, 6.07) is 11.7. The van der Waals surface area contributed by atoms with Crippen molar-refractivity contribution < 1.29 is 14.6 Å². The van der Waals surface area contributed by atoms with E-state index in [4.69, 9.17) is 4.74 Å². The molecular weight excluding hydrogens is 384 g/mol. The first-order chi connectivity index (χ1) is 14.1. The van der Waals surface area contributed by atoms with E-state index < -0.39 is 11.5 Å². The van der Waals surface area contributed by atoms with Crippen LogP contribution in [0.15, 0.2) is 41.1 Å². The molecular formula is C23H26N2O3S. The summed E-state index contributed by atoms with van der Waals surface area (Å²) in [6.45, 7) is 1.43. The minimum absolute atomic E-state index is 0.0379. The van der Waals surface area contributed by atoms with Crippen LogP contribution in [0.4, 0.5) is 0 Å². The summed E-state index contributed by atoms with van der Waals surface area (Å²) in [5.74, 6) is 0.00544. The molecule has 1 aliphatic heterocycles. The third kappa shape index (κ3) is 3.59. The predicted octanol–water partition coefficient (Wildman–Crippen LogP) is 3.35. The van der Waals surface area contributed by atoms with Crippen molar-refractivity contribution in [3.05, 3.63) is 52.2 Å². The molecule has 2 aromatic rings. The summed E-state index contributed by atoms with van der Waals surface area (Å²) in [6.07, 6.45) is 1.60. The van der Waals surface area contributed by atoms with Crippen molar-refractivity contribution in [2.24, 2.45) is 17.8 Å². The highest BCUT2D eigenvalue weighted by Crippen LogP contribution is 2.48. The maximum Gasteiger partial charge on any atom is 0.176 e. The molecule has 2 aliphatic rings. The Labute approximate surface area is 175 Å². The molecule has 152 valence electrons.